The number of carboxylic acids is 1. The number of amides is 6. The molecule has 8 aromatic rings. The van der Waals surface area contributed by atoms with E-state index in [-0.39, 0.29) is 150 Å². The Morgan fingerprint density at radius 3 is 1.00 bits per heavy atom. The minimum absolute atomic E-state index is 0. The van der Waals surface area contributed by atoms with Gasteiger partial charge in [-0.05, 0) is 298 Å². The van der Waals surface area contributed by atoms with Crippen LogP contribution in [0.1, 0.15) is 290 Å². The fourth-order valence-corrected chi connectivity index (χ4v) is 21.8. The molecule has 13 aliphatic rings. The number of nitrogens with zero attached hydrogens (tertiary/aromatic N) is 10. The molecular formula is C105H136BCl3F4IN20O16-. The molecule has 45 heteroatoms. The van der Waals surface area contributed by atoms with Gasteiger partial charge in [0.15, 0.2) is 0 Å². The van der Waals surface area contributed by atoms with Gasteiger partial charge in [-0.1, -0.05) is 34.8 Å². The van der Waals surface area contributed by atoms with Crippen LogP contribution in [0.2, 0.25) is 15.5 Å². The molecule has 8 bridgehead atoms. The fourth-order valence-electron chi connectivity index (χ4n) is 21.3. The lowest BCUT2D eigenvalue weighted by Gasteiger charge is -2.53. The molecule has 1 aliphatic heterocycles. The molecule has 12 saturated carbocycles. The zero-order chi connectivity index (χ0) is 109. The molecule has 1 saturated heterocycles. The van der Waals surface area contributed by atoms with Gasteiger partial charge in [-0.15, -0.1) is 0 Å². The van der Waals surface area contributed by atoms with Crippen LogP contribution in [0.5, 0.6) is 0 Å². The maximum Gasteiger partial charge on any atom is 0.514 e. The van der Waals surface area contributed by atoms with E-state index in [0.717, 1.165) is 132 Å². The molecule has 812 valence electrons. The second-order valence-corrected chi connectivity index (χ2v) is 45.9. The first-order valence-electron chi connectivity index (χ1n) is 50.4. The summed E-state index contributed by atoms with van der Waals surface area (Å²) < 4.78 is 76.9. The number of esters is 1. The second-order valence-electron chi connectivity index (χ2n) is 44.7. The van der Waals surface area contributed by atoms with Crippen molar-refractivity contribution >= 4 is 129 Å². The van der Waals surface area contributed by atoms with Gasteiger partial charge in [0, 0.05) is 71.9 Å². The number of nitriles is 2. The van der Waals surface area contributed by atoms with Crippen molar-refractivity contribution in [2.75, 3.05) is 68.7 Å². The maximum absolute atomic E-state index is 14.4. The van der Waals surface area contributed by atoms with Gasteiger partial charge in [-0.2, -0.15) is 20.7 Å². The molecule has 0 spiro atoms. The number of hydrogen-bond donors (Lipinski definition) is 15. The maximum atomic E-state index is 14.4. The summed E-state index contributed by atoms with van der Waals surface area (Å²) in [5.41, 5.74) is -1.95. The third-order valence-electron chi connectivity index (χ3n) is 32.4. The third kappa shape index (κ3) is 26.4. The lowest BCUT2D eigenvalue weighted by atomic mass is 9.57. The number of alkyl halides is 4. The van der Waals surface area contributed by atoms with Crippen molar-refractivity contribution in [2.24, 2.45) is 21.7 Å². The number of hydrogen-bond acceptors (Lipinski definition) is 27. The molecule has 150 heavy (non-hydrogen) atoms. The van der Waals surface area contributed by atoms with Gasteiger partial charge in [-0.3, -0.25) is 43.3 Å². The topological polar surface area (TPSA) is 519 Å². The third-order valence-corrected chi connectivity index (χ3v) is 33.1. The van der Waals surface area contributed by atoms with Crippen LogP contribution < -0.4 is 82.7 Å². The van der Waals surface area contributed by atoms with Gasteiger partial charge in [0.1, 0.15) is 52.3 Å². The van der Waals surface area contributed by atoms with Crippen LogP contribution in [0.4, 0.5) is 40.3 Å². The van der Waals surface area contributed by atoms with Crippen LogP contribution in [0.25, 0.3) is 22.4 Å². The number of fused-ring (bicyclic) bond motifs is 14. The molecule has 36 nitrogen and oxygen atoms in total. The highest BCUT2D eigenvalue weighted by Gasteiger charge is 2.58. The van der Waals surface area contributed by atoms with Gasteiger partial charge in [0.05, 0.1) is 174 Å². The summed E-state index contributed by atoms with van der Waals surface area (Å²) in [5.74, 6) is -2.70. The van der Waals surface area contributed by atoms with E-state index in [9.17, 15) is 86.7 Å². The van der Waals surface area contributed by atoms with Crippen LogP contribution in [-0.2, 0) is 33.2 Å². The van der Waals surface area contributed by atoms with Crippen molar-refractivity contribution in [3.8, 4) is 23.5 Å². The highest BCUT2D eigenvalue weighted by Crippen LogP contribution is 2.59. The lowest BCUT2D eigenvalue weighted by Crippen LogP contribution is -3.00. The second kappa shape index (κ2) is 46.2. The Morgan fingerprint density at radius 1 is 0.427 bits per heavy atom. The normalized spacial score (nSPS) is 24.8. The number of pyridine rings is 4. The molecule has 15 N–H and O–H groups in total. The van der Waals surface area contributed by atoms with E-state index >= 15 is 0 Å². The molecule has 0 aromatic carbocycles. The molecule has 0 unspecified atom stereocenters. The van der Waals surface area contributed by atoms with E-state index in [0.29, 0.717) is 83.8 Å². The van der Waals surface area contributed by atoms with E-state index in [4.69, 9.17) is 54.1 Å². The number of aliphatic carboxylic acids is 1. The van der Waals surface area contributed by atoms with Crippen LogP contribution >= 0.6 is 34.8 Å². The van der Waals surface area contributed by atoms with Crippen molar-refractivity contribution in [1.29, 1.82) is 10.5 Å². The van der Waals surface area contributed by atoms with Crippen LogP contribution in [0.3, 0.4) is 0 Å². The Morgan fingerprint density at radius 2 is 0.707 bits per heavy atom. The number of nitrogens with one attached hydrogen (secondary N) is 10. The van der Waals surface area contributed by atoms with Crippen LogP contribution in [0, 0.1) is 44.3 Å². The molecule has 8 aromatic heterocycles. The Bertz CT molecular complexity index is 6170. The number of rotatable bonds is 30. The van der Waals surface area contributed by atoms with Crippen molar-refractivity contribution < 1.29 is 119 Å². The standard InChI is InChI=1S/C29H34FN7O3.C21H30ClFN4O3.C21H29ClFN3O4.C20H27ClFN3O4.C14H16BN3O2.HI/c1-27(2,40)24(30)17-34-25(38)20-16-33-22(23-5-4-19-12-18(14-31)15-35-37(19)23)13-21(20)36-29-9-6-28(7-10-29,8-11-29)26(39)32-3;1-19(2,30)15(23)12-26-17(28)13-11-25-16(22)10-14(13)27-21-7-4-20(5-8-21,6-9-21)18(29)24-3;1-19(2,29)15(23)12-25-17(27)13-11-24-16(22)10-14(13)26-21-7-4-20(5-8-21,6-9-21)18(28)30-3;1-18(2,29)14(22)11-24-16(26)12-10-23-15(21)9-13(12)25-20-6-3-19(4-7-20,5-8-20)17(27)28;1-13(2)14(3,4)20-15(19-13)12-6-5-11-7-10(8-16)9-17-18(11)12;/h4-5,12-13,15-16,24,40H,6-11,17H2,1-3H3,(H,32,39)(H,33,36)(H,34,38);10-11,15,30H,4-9,12H2,1-3H3,(H,24,29)(H,25,27)(H,26,28);10-11,15,29H,4-9,12H2,1-3H3,(H,24,26)(H,25,27);9-10,14,29H,3-8,11H2,1-2H3,(H,23,25)(H,24,26)(H,27,28);5-7,9H,1-4H3;1H/p-1/t24-,28?,29?;2*15-,20?,21?;14-,19?,20?;;/m1111../s1. The summed E-state index contributed by atoms with van der Waals surface area (Å²) in [7, 11) is 4.32. The van der Waals surface area contributed by atoms with Crippen molar-refractivity contribution in [3.63, 3.8) is 0 Å². The summed E-state index contributed by atoms with van der Waals surface area (Å²) in [6, 6.07) is 21.8. The van der Waals surface area contributed by atoms with Gasteiger partial charge in [-0.25, -0.2) is 41.5 Å². The molecule has 9 heterocycles. The number of carbonyl (C=O) groups excluding carboxylic acids is 7. The van der Waals surface area contributed by atoms with Gasteiger partial charge in [0.25, 0.3) is 23.6 Å². The van der Waals surface area contributed by atoms with E-state index in [2.05, 4.69) is 95.4 Å². The Balaban J connectivity index is 0.000000168. The number of halogens is 8. The van der Waals surface area contributed by atoms with Crippen LogP contribution in [-0.4, -0.2) is 247 Å². The first-order chi connectivity index (χ1) is 69.8. The molecule has 21 rings (SSSR count). The van der Waals surface area contributed by atoms with Gasteiger partial charge in [0.2, 0.25) is 11.8 Å². The summed E-state index contributed by atoms with van der Waals surface area (Å²) in [6.45, 7) is 17.5. The highest BCUT2D eigenvalue weighted by atomic mass is 127. The first-order valence-corrected chi connectivity index (χ1v) is 51.5. The molecule has 6 amide bonds. The zero-order valence-electron chi connectivity index (χ0n) is 87.1. The summed E-state index contributed by atoms with van der Waals surface area (Å²) in [5, 5.41) is 106. The number of ether oxygens (including phenoxy) is 1. The largest absolute Gasteiger partial charge is 1.00 e. The van der Waals surface area contributed by atoms with Gasteiger partial charge < -0.3 is 117 Å². The molecule has 12 aliphatic carbocycles. The molecule has 0 radical (unpaired) electrons. The molecular weight excluding hydrogens is 2120 g/mol. The fraction of sp³-hybridized carbons (Fsp3) is 0.581. The molecule has 13 fully saturated rings. The van der Waals surface area contributed by atoms with Crippen molar-refractivity contribution in [2.45, 2.75) is 318 Å². The number of carbonyl (C=O) groups is 8. The number of anilines is 4. The van der Waals surface area contributed by atoms with E-state index in [1.165, 1.54) is 93.5 Å². The predicted octanol–water partition coefficient (Wildman–Crippen LogP) is 11.1. The quantitative estimate of drug-likeness (QED) is 0.00654. The average molecular weight is 2250 g/mol. The van der Waals surface area contributed by atoms with E-state index < -0.39 is 94.6 Å². The number of aromatic nitrogens is 8. The van der Waals surface area contributed by atoms with Crippen LogP contribution in [0.15, 0.2) is 97.8 Å². The Kier molecular flexibility index (Phi) is 36.2. The van der Waals surface area contributed by atoms with Crippen molar-refractivity contribution in [3.05, 3.63) is 147 Å². The summed E-state index contributed by atoms with van der Waals surface area (Å²) >= 11 is 18.2. The van der Waals surface area contributed by atoms with Crippen molar-refractivity contribution in [1.82, 2.24) is 71.1 Å². The Labute approximate surface area is 902 Å². The monoisotopic (exact) mass is 2250 g/mol. The summed E-state index contributed by atoms with van der Waals surface area (Å²) in [4.78, 5) is 117. The summed E-state index contributed by atoms with van der Waals surface area (Å²) in [6.07, 6.45) is 19.8. The number of methoxy groups -OCH3 is 1. The highest BCUT2D eigenvalue weighted by molar-refractivity contribution is 6.61. The number of carboxylic acid groups (broad SMARTS) is 1. The zero-order valence-corrected chi connectivity index (χ0v) is 91.6. The number of aliphatic hydroxyl groups is 4. The van der Waals surface area contributed by atoms with E-state index in [1.54, 1.807) is 65.7 Å². The predicted molar refractivity (Wildman–Crippen MR) is 554 cm³/mol. The molecule has 4 atom stereocenters. The minimum atomic E-state index is -1.65. The average Bonchev–Trinajstić information content (AvgIpc) is 1.75. The Hall–Kier alpha value is -10.9. The SMILES string of the molecule is CC(C)(O)[C@H](F)CNC(=O)c1cnc(Cl)cc1NC12CCC(C(=O)O)(CC1)CC2.CC1(C)OB(c2ccc3cc(C#N)cnn23)OC1(C)C.CNC(=O)C12CCC(Nc3cc(-c4ccc5cc(C#N)cnn45)ncc3C(=O)NC[C@@H](F)C(C)(C)O)(CC1)CC2.CNC(=O)C12CCC(Nc3cc(Cl)ncc3C(=O)NC[C@@H](F)C(C)(C)O)(CC1)CC2.COC(=O)C12CCC(Nc3cc(Cl)ncc3C(=O)NC[C@@H](F)C(C)(C)O)(CC1)CC2.[I-]. The van der Waals surface area contributed by atoms with Gasteiger partial charge >= 0.3 is 19.1 Å². The first kappa shape index (κ1) is 118. The van der Waals surface area contributed by atoms with E-state index in [1.807, 2.05) is 52.0 Å². The smallest absolute Gasteiger partial charge is 0.514 e. The lowest BCUT2D eigenvalue weighted by molar-refractivity contribution is -0.159. The minimum Gasteiger partial charge on any atom is -1.00 e.